The zero-order chi connectivity index (χ0) is 15.3. The Labute approximate surface area is 119 Å². The van der Waals surface area contributed by atoms with Crippen LogP contribution in [0.1, 0.15) is 32.4 Å². The maximum absolute atomic E-state index is 13.2. The average molecular weight is 284 g/mol. The van der Waals surface area contributed by atoms with Crippen molar-refractivity contribution in [3.8, 4) is 0 Å². The van der Waals surface area contributed by atoms with Gasteiger partial charge in [-0.05, 0) is 37.6 Å². The molecule has 0 saturated heterocycles. The van der Waals surface area contributed by atoms with Crippen molar-refractivity contribution in [2.24, 2.45) is 5.92 Å². The first-order valence-corrected chi connectivity index (χ1v) is 6.73. The highest BCUT2D eigenvalue weighted by Gasteiger charge is 2.16. The van der Waals surface area contributed by atoms with Gasteiger partial charge in [0.1, 0.15) is 0 Å². The largest absolute Gasteiger partial charge is 0.355 e. The first-order chi connectivity index (χ1) is 9.31. The Kier molecular flexibility index (Phi) is 6.07. The second-order valence-corrected chi connectivity index (χ2v) is 5.46. The van der Waals surface area contributed by atoms with Gasteiger partial charge in [0.2, 0.25) is 5.91 Å². The minimum atomic E-state index is -0.869. The van der Waals surface area contributed by atoms with Crippen molar-refractivity contribution >= 4 is 5.91 Å². The molecule has 0 spiro atoms. The summed E-state index contributed by atoms with van der Waals surface area (Å²) in [5, 5.41) is 2.83. The molecule has 1 N–H and O–H groups in total. The summed E-state index contributed by atoms with van der Waals surface area (Å²) in [6.45, 7) is 6.74. The molecular weight excluding hydrogens is 262 g/mol. The number of carbonyl (C=O) groups is 1. The molecule has 0 heterocycles. The van der Waals surface area contributed by atoms with E-state index in [0.717, 1.165) is 6.07 Å². The molecule has 1 unspecified atom stereocenters. The lowest BCUT2D eigenvalue weighted by Gasteiger charge is -2.24. The van der Waals surface area contributed by atoms with E-state index in [0.29, 0.717) is 18.0 Å². The number of likely N-dealkylation sites (N-methyl/N-ethyl adjacent to an activating group) is 1. The SMILES string of the molecule is CC(C)CNC(=O)CN(C)C(C)c1ccc(F)c(F)c1. The molecule has 20 heavy (non-hydrogen) atoms. The Bertz CT molecular complexity index is 463. The van der Waals surface area contributed by atoms with E-state index in [1.165, 1.54) is 12.1 Å². The Balaban J connectivity index is 2.59. The van der Waals surface area contributed by atoms with Crippen LogP contribution in [-0.2, 0) is 4.79 Å². The fourth-order valence-electron chi connectivity index (χ4n) is 1.76. The summed E-state index contributed by atoms with van der Waals surface area (Å²) in [7, 11) is 1.78. The van der Waals surface area contributed by atoms with Crippen molar-refractivity contribution in [2.75, 3.05) is 20.1 Å². The molecular formula is C15H22F2N2O. The third kappa shape index (κ3) is 4.89. The van der Waals surface area contributed by atoms with Crippen molar-refractivity contribution in [2.45, 2.75) is 26.8 Å². The highest BCUT2D eigenvalue weighted by molar-refractivity contribution is 5.78. The number of benzene rings is 1. The molecule has 0 saturated carbocycles. The predicted molar refractivity (Wildman–Crippen MR) is 75.3 cm³/mol. The van der Waals surface area contributed by atoms with E-state index in [4.69, 9.17) is 0 Å². The Hall–Kier alpha value is -1.49. The topological polar surface area (TPSA) is 32.3 Å². The van der Waals surface area contributed by atoms with Gasteiger partial charge >= 0.3 is 0 Å². The van der Waals surface area contributed by atoms with E-state index in [1.54, 1.807) is 11.9 Å². The first-order valence-electron chi connectivity index (χ1n) is 6.73. The molecule has 5 heteroatoms. The summed E-state index contributed by atoms with van der Waals surface area (Å²) in [6, 6.07) is 3.64. The Morgan fingerprint density at radius 2 is 1.90 bits per heavy atom. The second kappa shape index (κ2) is 7.33. The van der Waals surface area contributed by atoms with Crippen LogP contribution in [0.3, 0.4) is 0 Å². The molecule has 1 aromatic carbocycles. The normalized spacial score (nSPS) is 12.8. The number of carbonyl (C=O) groups excluding carboxylic acids is 1. The van der Waals surface area contributed by atoms with E-state index >= 15 is 0 Å². The zero-order valence-corrected chi connectivity index (χ0v) is 12.4. The molecule has 1 rings (SSSR count). The number of rotatable bonds is 6. The van der Waals surface area contributed by atoms with Crippen molar-refractivity contribution in [3.05, 3.63) is 35.4 Å². The lowest BCUT2D eigenvalue weighted by molar-refractivity contribution is -0.122. The van der Waals surface area contributed by atoms with Crippen LogP contribution < -0.4 is 5.32 Å². The minimum Gasteiger partial charge on any atom is -0.355 e. The third-order valence-electron chi connectivity index (χ3n) is 3.19. The zero-order valence-electron chi connectivity index (χ0n) is 12.4. The van der Waals surface area contributed by atoms with Gasteiger partial charge in [0.05, 0.1) is 6.54 Å². The van der Waals surface area contributed by atoms with Gasteiger partial charge in [0.15, 0.2) is 11.6 Å². The Morgan fingerprint density at radius 3 is 2.45 bits per heavy atom. The summed E-state index contributed by atoms with van der Waals surface area (Å²) in [5.41, 5.74) is 0.642. The van der Waals surface area contributed by atoms with E-state index in [2.05, 4.69) is 5.32 Å². The van der Waals surface area contributed by atoms with Crippen molar-refractivity contribution in [1.29, 1.82) is 0 Å². The summed E-state index contributed by atoms with van der Waals surface area (Å²) in [6.07, 6.45) is 0. The third-order valence-corrected chi connectivity index (χ3v) is 3.19. The van der Waals surface area contributed by atoms with Crippen LogP contribution >= 0.6 is 0 Å². The standard InChI is InChI=1S/C15H22F2N2O/c1-10(2)8-18-15(20)9-19(4)11(3)12-5-6-13(16)14(17)7-12/h5-7,10-11H,8-9H2,1-4H3,(H,18,20). The van der Waals surface area contributed by atoms with Crippen molar-refractivity contribution < 1.29 is 13.6 Å². The molecule has 1 atom stereocenters. The maximum atomic E-state index is 13.2. The number of nitrogens with one attached hydrogen (secondary N) is 1. The van der Waals surface area contributed by atoms with E-state index < -0.39 is 11.6 Å². The molecule has 0 radical (unpaired) electrons. The summed E-state index contributed by atoms with van der Waals surface area (Å²) in [4.78, 5) is 13.5. The van der Waals surface area contributed by atoms with Gasteiger partial charge in [0.25, 0.3) is 0 Å². The van der Waals surface area contributed by atoms with Crippen molar-refractivity contribution in [3.63, 3.8) is 0 Å². The van der Waals surface area contributed by atoms with Crippen LogP contribution in [0.5, 0.6) is 0 Å². The number of hydrogen-bond donors (Lipinski definition) is 1. The molecule has 1 aromatic rings. The molecule has 0 aliphatic rings. The van der Waals surface area contributed by atoms with Gasteiger partial charge in [0, 0.05) is 12.6 Å². The second-order valence-electron chi connectivity index (χ2n) is 5.46. The quantitative estimate of drug-likeness (QED) is 0.871. The lowest BCUT2D eigenvalue weighted by atomic mass is 10.1. The van der Waals surface area contributed by atoms with Gasteiger partial charge in [-0.1, -0.05) is 19.9 Å². The summed E-state index contributed by atoms with van der Waals surface area (Å²) < 4.78 is 26.1. The van der Waals surface area contributed by atoms with Gasteiger partial charge in [-0.3, -0.25) is 9.69 Å². The molecule has 0 fully saturated rings. The molecule has 112 valence electrons. The molecule has 0 aliphatic carbocycles. The molecule has 0 aromatic heterocycles. The van der Waals surface area contributed by atoms with Gasteiger partial charge in [-0.2, -0.15) is 0 Å². The highest BCUT2D eigenvalue weighted by atomic mass is 19.2. The number of halogens is 2. The number of nitrogens with zero attached hydrogens (tertiary/aromatic N) is 1. The molecule has 1 amide bonds. The van der Waals surface area contributed by atoms with Crippen LogP contribution in [0.25, 0.3) is 0 Å². The van der Waals surface area contributed by atoms with Crippen LogP contribution in [0.15, 0.2) is 18.2 Å². The lowest BCUT2D eigenvalue weighted by Crippen LogP contribution is -2.37. The smallest absolute Gasteiger partial charge is 0.234 e. The van der Waals surface area contributed by atoms with E-state index in [9.17, 15) is 13.6 Å². The molecule has 0 bridgehead atoms. The fourth-order valence-corrected chi connectivity index (χ4v) is 1.76. The summed E-state index contributed by atoms with van der Waals surface area (Å²) >= 11 is 0. The van der Waals surface area contributed by atoms with Gasteiger partial charge in [-0.25, -0.2) is 8.78 Å². The van der Waals surface area contributed by atoms with E-state index in [-0.39, 0.29) is 18.5 Å². The highest BCUT2D eigenvalue weighted by Crippen LogP contribution is 2.20. The predicted octanol–water partition coefficient (Wildman–Crippen LogP) is 2.73. The van der Waals surface area contributed by atoms with Crippen LogP contribution in [0.4, 0.5) is 8.78 Å². The van der Waals surface area contributed by atoms with Crippen molar-refractivity contribution in [1.82, 2.24) is 10.2 Å². The molecule has 0 aliphatic heterocycles. The maximum Gasteiger partial charge on any atom is 0.234 e. The minimum absolute atomic E-state index is 0.0735. The monoisotopic (exact) mass is 284 g/mol. The van der Waals surface area contributed by atoms with Gasteiger partial charge < -0.3 is 5.32 Å². The van der Waals surface area contributed by atoms with Crippen LogP contribution in [0, 0.1) is 17.6 Å². The number of amides is 1. The molecule has 3 nitrogen and oxygen atoms in total. The first kappa shape index (κ1) is 16.6. The Morgan fingerprint density at radius 1 is 1.25 bits per heavy atom. The fraction of sp³-hybridized carbons (Fsp3) is 0.533. The van der Waals surface area contributed by atoms with Gasteiger partial charge in [-0.15, -0.1) is 0 Å². The van der Waals surface area contributed by atoms with E-state index in [1.807, 2.05) is 20.8 Å². The summed E-state index contributed by atoms with van der Waals surface area (Å²) in [5.74, 6) is -1.41. The number of hydrogen-bond acceptors (Lipinski definition) is 2. The van der Waals surface area contributed by atoms with Crippen LogP contribution in [-0.4, -0.2) is 30.9 Å². The van der Waals surface area contributed by atoms with Crippen LogP contribution in [0.2, 0.25) is 0 Å². The average Bonchev–Trinajstić information content (AvgIpc) is 2.38.